The van der Waals surface area contributed by atoms with Crippen molar-refractivity contribution in [3.63, 3.8) is 0 Å². The Morgan fingerprint density at radius 2 is 1.76 bits per heavy atom. The molecular weight excluding hydrogens is 272 g/mol. The molecule has 0 saturated carbocycles. The van der Waals surface area contributed by atoms with Gasteiger partial charge in [-0.05, 0) is 37.7 Å². The third-order valence-electron chi connectivity index (χ3n) is 3.34. The third kappa shape index (κ3) is 5.25. The van der Waals surface area contributed by atoms with Crippen LogP contribution in [0.2, 0.25) is 0 Å². The highest BCUT2D eigenvalue weighted by Crippen LogP contribution is 2.26. The summed E-state index contributed by atoms with van der Waals surface area (Å²) in [5.74, 6) is 0.825. The molecule has 0 aliphatic heterocycles. The first-order valence-corrected chi connectivity index (χ1v) is 7.78. The maximum Gasteiger partial charge on any atom is 0.0214 e. The molecule has 0 aliphatic rings. The quantitative estimate of drug-likeness (QED) is 0.581. The van der Waals surface area contributed by atoms with Crippen molar-refractivity contribution in [1.82, 2.24) is 0 Å². The molecule has 1 aromatic rings. The first-order chi connectivity index (χ1) is 8.17. The van der Waals surface area contributed by atoms with Gasteiger partial charge in [-0.15, -0.1) is 0 Å². The predicted molar refractivity (Wildman–Crippen MR) is 80.9 cm³/mol. The highest BCUT2D eigenvalue weighted by Gasteiger charge is 2.17. The molecule has 0 aromatic heterocycles. The van der Waals surface area contributed by atoms with Crippen molar-refractivity contribution in [2.45, 2.75) is 57.7 Å². The fourth-order valence-corrected chi connectivity index (χ4v) is 3.38. The molecule has 0 nitrogen and oxygen atoms in total. The van der Waals surface area contributed by atoms with Gasteiger partial charge in [0.25, 0.3) is 0 Å². The van der Waals surface area contributed by atoms with Crippen LogP contribution >= 0.6 is 15.9 Å². The molecule has 0 saturated heterocycles. The van der Waals surface area contributed by atoms with E-state index in [-0.39, 0.29) is 0 Å². The second kappa shape index (κ2) is 7.92. The van der Waals surface area contributed by atoms with Crippen molar-refractivity contribution in [3.05, 3.63) is 35.4 Å². The van der Waals surface area contributed by atoms with Gasteiger partial charge in [0.15, 0.2) is 0 Å². The van der Waals surface area contributed by atoms with Crippen LogP contribution in [0.25, 0.3) is 0 Å². The Labute approximate surface area is 115 Å². The number of aryl methyl sites for hydroxylation is 1. The molecular formula is C16H25Br. The van der Waals surface area contributed by atoms with E-state index in [0.29, 0.717) is 4.83 Å². The van der Waals surface area contributed by atoms with Crippen LogP contribution in [-0.2, 0) is 6.42 Å². The van der Waals surface area contributed by atoms with Crippen molar-refractivity contribution >= 4 is 15.9 Å². The number of hydrogen-bond acceptors (Lipinski definition) is 0. The summed E-state index contributed by atoms with van der Waals surface area (Å²) in [6.07, 6.45) is 6.43. The van der Waals surface area contributed by atoms with Gasteiger partial charge in [0.1, 0.15) is 0 Å². The fraction of sp³-hybridized carbons (Fsp3) is 0.625. The Bertz CT molecular complexity index is 313. The lowest BCUT2D eigenvalue weighted by Gasteiger charge is -2.22. The van der Waals surface area contributed by atoms with E-state index in [0.717, 1.165) is 12.3 Å². The molecule has 0 aliphatic carbocycles. The van der Waals surface area contributed by atoms with Crippen LogP contribution in [0.15, 0.2) is 24.3 Å². The van der Waals surface area contributed by atoms with E-state index in [2.05, 4.69) is 61.0 Å². The van der Waals surface area contributed by atoms with Crippen molar-refractivity contribution < 1.29 is 0 Å². The summed E-state index contributed by atoms with van der Waals surface area (Å²) in [5, 5.41) is 0. The van der Waals surface area contributed by atoms with Gasteiger partial charge in [0.2, 0.25) is 0 Å². The highest BCUT2D eigenvalue weighted by atomic mass is 79.9. The minimum absolute atomic E-state index is 0.629. The minimum Gasteiger partial charge on any atom is -0.0884 e. The average molecular weight is 297 g/mol. The monoisotopic (exact) mass is 296 g/mol. The van der Waals surface area contributed by atoms with Crippen LogP contribution < -0.4 is 0 Å². The van der Waals surface area contributed by atoms with Crippen molar-refractivity contribution in [2.24, 2.45) is 5.92 Å². The first-order valence-electron chi connectivity index (χ1n) is 6.87. The van der Waals surface area contributed by atoms with Crippen LogP contribution in [0.4, 0.5) is 0 Å². The van der Waals surface area contributed by atoms with Gasteiger partial charge in [-0.1, -0.05) is 72.4 Å². The van der Waals surface area contributed by atoms with Gasteiger partial charge < -0.3 is 0 Å². The van der Waals surface area contributed by atoms with Crippen molar-refractivity contribution in [3.8, 4) is 0 Å². The molecule has 0 amide bonds. The van der Waals surface area contributed by atoms with Crippen LogP contribution in [0, 0.1) is 12.8 Å². The second-order valence-electron chi connectivity index (χ2n) is 5.05. The zero-order valence-electron chi connectivity index (χ0n) is 11.4. The average Bonchev–Trinajstić information content (AvgIpc) is 2.28. The summed E-state index contributed by atoms with van der Waals surface area (Å²) in [7, 11) is 0. The number of halogens is 1. The predicted octanol–water partition coefficient (Wildman–Crippen LogP) is 5.52. The van der Waals surface area contributed by atoms with E-state index in [1.54, 1.807) is 0 Å². The maximum atomic E-state index is 3.91. The second-order valence-corrected chi connectivity index (χ2v) is 6.22. The Morgan fingerprint density at radius 3 is 2.29 bits per heavy atom. The van der Waals surface area contributed by atoms with E-state index >= 15 is 0 Å². The normalized spacial score (nSPS) is 13.0. The Hall–Kier alpha value is -0.300. The number of alkyl halides is 1. The zero-order chi connectivity index (χ0) is 12.7. The lowest BCUT2D eigenvalue weighted by molar-refractivity contribution is 0.427. The molecule has 1 rings (SSSR count). The molecule has 0 fully saturated rings. The Balaban J connectivity index is 2.59. The van der Waals surface area contributed by atoms with Gasteiger partial charge in [-0.25, -0.2) is 0 Å². The molecule has 0 bridgehead atoms. The van der Waals surface area contributed by atoms with E-state index < -0.39 is 0 Å². The maximum absolute atomic E-state index is 3.91. The van der Waals surface area contributed by atoms with Crippen LogP contribution in [0.3, 0.4) is 0 Å². The van der Waals surface area contributed by atoms with Crippen LogP contribution in [-0.4, -0.2) is 4.83 Å². The smallest absolute Gasteiger partial charge is 0.0214 e. The molecule has 0 spiro atoms. The van der Waals surface area contributed by atoms with Crippen molar-refractivity contribution in [2.75, 3.05) is 0 Å². The van der Waals surface area contributed by atoms with Crippen LogP contribution in [0.1, 0.15) is 50.7 Å². The third-order valence-corrected chi connectivity index (χ3v) is 4.42. The molecule has 1 heteroatoms. The van der Waals surface area contributed by atoms with Gasteiger partial charge in [-0.3, -0.25) is 0 Å². The number of rotatable bonds is 7. The SMILES string of the molecule is CCCC(CCC)C(Br)Cc1cccc(C)c1. The summed E-state index contributed by atoms with van der Waals surface area (Å²) in [6, 6.07) is 8.89. The summed E-state index contributed by atoms with van der Waals surface area (Å²) in [6.45, 7) is 6.74. The van der Waals surface area contributed by atoms with Gasteiger partial charge >= 0.3 is 0 Å². The highest BCUT2D eigenvalue weighted by molar-refractivity contribution is 9.09. The lowest BCUT2D eigenvalue weighted by Crippen LogP contribution is -2.17. The van der Waals surface area contributed by atoms with Gasteiger partial charge in [-0.2, -0.15) is 0 Å². The molecule has 0 radical (unpaired) electrons. The fourth-order valence-electron chi connectivity index (χ4n) is 2.48. The minimum atomic E-state index is 0.629. The molecule has 0 heterocycles. The molecule has 1 unspecified atom stereocenters. The largest absolute Gasteiger partial charge is 0.0884 e. The Morgan fingerprint density at radius 1 is 1.12 bits per heavy atom. The molecule has 0 N–H and O–H groups in total. The Kier molecular flexibility index (Phi) is 6.87. The molecule has 96 valence electrons. The summed E-state index contributed by atoms with van der Waals surface area (Å²) >= 11 is 3.91. The lowest BCUT2D eigenvalue weighted by atomic mass is 9.91. The van der Waals surface area contributed by atoms with Gasteiger partial charge in [0.05, 0.1) is 0 Å². The summed E-state index contributed by atoms with van der Waals surface area (Å²) in [4.78, 5) is 0.629. The van der Waals surface area contributed by atoms with E-state index in [9.17, 15) is 0 Å². The molecule has 17 heavy (non-hydrogen) atoms. The van der Waals surface area contributed by atoms with E-state index in [1.807, 2.05) is 0 Å². The molecule has 1 atom stereocenters. The first kappa shape index (κ1) is 14.8. The summed E-state index contributed by atoms with van der Waals surface area (Å²) < 4.78 is 0. The standard InChI is InChI=1S/C16H25Br/c1-4-7-15(8-5-2)16(17)12-14-10-6-9-13(3)11-14/h6,9-11,15-16H,4-5,7-8,12H2,1-3H3. The van der Waals surface area contributed by atoms with E-state index in [4.69, 9.17) is 0 Å². The number of benzene rings is 1. The van der Waals surface area contributed by atoms with E-state index in [1.165, 1.54) is 36.8 Å². The topological polar surface area (TPSA) is 0 Å². The molecule has 1 aromatic carbocycles. The van der Waals surface area contributed by atoms with Crippen LogP contribution in [0.5, 0.6) is 0 Å². The van der Waals surface area contributed by atoms with Gasteiger partial charge in [0, 0.05) is 4.83 Å². The number of hydrogen-bond donors (Lipinski definition) is 0. The van der Waals surface area contributed by atoms with Crippen molar-refractivity contribution in [1.29, 1.82) is 0 Å². The zero-order valence-corrected chi connectivity index (χ0v) is 13.0. The summed E-state index contributed by atoms with van der Waals surface area (Å²) in [5.41, 5.74) is 2.83.